The monoisotopic (exact) mass is 498 g/mol. The summed E-state index contributed by atoms with van der Waals surface area (Å²) in [4.78, 5) is 0. The van der Waals surface area contributed by atoms with E-state index in [2.05, 4.69) is 2.51 Å². The van der Waals surface area contributed by atoms with Crippen LogP contribution in [0.25, 0.3) is 0 Å². The number of hydrogen-bond acceptors (Lipinski definition) is 3. The molecule has 2 rings (SSSR count). The fraction of sp³-hybridized carbons (Fsp3) is 0.143. The molecule has 0 aliphatic heterocycles. The maximum absolute atomic E-state index is 12.8. The molecule has 0 N–H and O–H groups in total. The van der Waals surface area contributed by atoms with E-state index in [1.807, 2.05) is 0 Å². The van der Waals surface area contributed by atoms with Crippen LogP contribution < -0.4 is 0 Å². The molecule has 0 fully saturated rings. The van der Waals surface area contributed by atoms with E-state index in [-0.39, 0.29) is 7.14 Å². The van der Waals surface area contributed by atoms with Gasteiger partial charge in [-0.05, 0) is 0 Å². The van der Waals surface area contributed by atoms with Gasteiger partial charge in [-0.2, -0.15) is 0 Å². The molecule has 0 radical (unpaired) electrons. The van der Waals surface area contributed by atoms with Gasteiger partial charge in [0, 0.05) is 0 Å². The van der Waals surface area contributed by atoms with Crippen molar-refractivity contribution in [2.24, 2.45) is 0 Å². The molecule has 0 saturated carbocycles. The van der Waals surface area contributed by atoms with Gasteiger partial charge >= 0.3 is 147 Å². The second kappa shape index (κ2) is 7.11. The van der Waals surface area contributed by atoms with Gasteiger partial charge in [-0.1, -0.05) is 0 Å². The third-order valence-corrected chi connectivity index (χ3v) is 9.72. The van der Waals surface area contributed by atoms with Crippen molar-refractivity contribution >= 4 is 30.4 Å². The van der Waals surface area contributed by atoms with Crippen LogP contribution in [-0.2, 0) is 18.8 Å². The van der Waals surface area contributed by atoms with Crippen LogP contribution in [0.1, 0.15) is 5.56 Å². The van der Waals surface area contributed by atoms with Gasteiger partial charge in [0.2, 0.25) is 0 Å². The average Bonchev–Trinajstić information content (AvgIpc) is 2.52. The number of rotatable bonds is 4. The molecule has 0 bridgehead atoms. The molecule has 0 aliphatic carbocycles. The quantitative estimate of drug-likeness (QED) is 0.338. The van der Waals surface area contributed by atoms with Gasteiger partial charge in [0.05, 0.1) is 0 Å². The Morgan fingerprint density at radius 1 is 0.800 bits per heavy atom. The number of hydrogen-bond donors (Lipinski definition) is 0. The molecule has 0 atom stereocenters. The first-order valence-electron chi connectivity index (χ1n) is 6.35. The molecule has 3 nitrogen and oxygen atoms in total. The average molecular weight is 498 g/mol. The summed E-state index contributed by atoms with van der Waals surface area (Å²) in [6.45, 7) is 0. The summed E-state index contributed by atoms with van der Waals surface area (Å²) in [5.41, 5.74) is -6.77. The molecule has 0 saturated heterocycles. The zero-order chi connectivity index (χ0) is 18.9. The third kappa shape index (κ3) is 4.85. The molecule has 0 spiro atoms. The Bertz CT molecular complexity index is 834. The fourth-order valence-electron chi connectivity index (χ4n) is 1.62. The van der Waals surface area contributed by atoms with E-state index in [9.17, 15) is 34.8 Å². The van der Waals surface area contributed by atoms with Crippen molar-refractivity contribution in [3.63, 3.8) is 0 Å². The minimum atomic E-state index is -5.95. The molecule has 11 heteroatoms. The Labute approximate surface area is 146 Å². The van der Waals surface area contributed by atoms with Crippen molar-refractivity contribution in [1.82, 2.24) is 0 Å². The summed E-state index contributed by atoms with van der Waals surface area (Å²) in [7, 11) is -5.95. The summed E-state index contributed by atoms with van der Waals surface area (Å²) in [6, 6.07) is 10.5. The topological polar surface area (TPSA) is 43.4 Å². The third-order valence-electron chi connectivity index (χ3n) is 2.71. The molecule has 0 aromatic heterocycles. The van der Waals surface area contributed by atoms with Crippen molar-refractivity contribution in [3.05, 3.63) is 67.3 Å². The van der Waals surface area contributed by atoms with Crippen molar-refractivity contribution in [3.8, 4) is 0 Å². The Balaban J connectivity index is 2.54. The zero-order valence-electron chi connectivity index (χ0n) is 12.0. The molecule has 2 aromatic rings. The van der Waals surface area contributed by atoms with E-state index in [0.29, 0.717) is 6.07 Å². The molecule has 138 valence electrons. The predicted octanol–water partition coefficient (Wildman–Crippen LogP) is 5.03. The van der Waals surface area contributed by atoms with Gasteiger partial charge in [-0.15, -0.1) is 0 Å². The minimum absolute atomic E-state index is 0.110. The molecule has 0 aliphatic rings. The number of benzene rings is 2. The standard InChI is InChI=1S/C14H9F6IO3S/c15-13(16,17)10-5-4-8-12(9-10)21(11-6-2-1-3-7-11)24-25(22,23)14(18,19)20/h1-9H. The van der Waals surface area contributed by atoms with Gasteiger partial charge in [-0.25, -0.2) is 0 Å². The van der Waals surface area contributed by atoms with Gasteiger partial charge in [-0.3, -0.25) is 0 Å². The first kappa shape index (κ1) is 20.0. The first-order chi connectivity index (χ1) is 11.4. The number of halogens is 7. The summed E-state index contributed by atoms with van der Waals surface area (Å²) in [6.07, 6.45) is -4.72. The van der Waals surface area contributed by atoms with E-state index in [4.69, 9.17) is 0 Å². The van der Waals surface area contributed by atoms with Gasteiger partial charge in [0.1, 0.15) is 0 Å². The van der Waals surface area contributed by atoms with E-state index in [1.54, 1.807) is 0 Å². The molecule has 0 heterocycles. The first-order valence-corrected chi connectivity index (χ1v) is 10.8. The molecule has 2 aromatic carbocycles. The van der Waals surface area contributed by atoms with E-state index >= 15 is 0 Å². The van der Waals surface area contributed by atoms with Crippen LogP contribution in [-0.4, -0.2) is 13.9 Å². The van der Waals surface area contributed by atoms with Crippen molar-refractivity contribution in [1.29, 1.82) is 0 Å². The van der Waals surface area contributed by atoms with E-state index in [0.717, 1.165) is 18.2 Å². The molecular weight excluding hydrogens is 489 g/mol. The van der Waals surface area contributed by atoms with Crippen LogP contribution in [0.3, 0.4) is 0 Å². The Morgan fingerprint density at radius 3 is 1.88 bits per heavy atom. The SMILES string of the molecule is O=S(=O)(OI(c1ccccc1)c1cccc(C(F)(F)F)c1)C(F)(F)F. The van der Waals surface area contributed by atoms with Crippen LogP contribution in [0.15, 0.2) is 54.6 Å². The van der Waals surface area contributed by atoms with Crippen LogP contribution in [0.2, 0.25) is 0 Å². The second-order valence-electron chi connectivity index (χ2n) is 4.52. The number of alkyl halides is 6. The van der Waals surface area contributed by atoms with Crippen molar-refractivity contribution < 1.29 is 37.3 Å². The summed E-state index contributed by atoms with van der Waals surface area (Å²) < 4.78 is 103. The Hall–Kier alpha value is -1.34. The van der Waals surface area contributed by atoms with E-state index < -0.39 is 47.6 Å². The van der Waals surface area contributed by atoms with Gasteiger partial charge in [0.15, 0.2) is 0 Å². The van der Waals surface area contributed by atoms with Crippen LogP contribution in [0.4, 0.5) is 26.3 Å². The van der Waals surface area contributed by atoms with E-state index in [1.165, 1.54) is 30.3 Å². The zero-order valence-corrected chi connectivity index (χ0v) is 14.9. The fourth-order valence-corrected chi connectivity index (χ4v) is 8.22. The van der Waals surface area contributed by atoms with Crippen molar-refractivity contribution in [2.45, 2.75) is 11.7 Å². The molecule has 25 heavy (non-hydrogen) atoms. The summed E-state index contributed by atoms with van der Waals surface area (Å²) in [5.74, 6) is 0. The molecule has 0 amide bonds. The summed E-state index contributed by atoms with van der Waals surface area (Å²) >= 11 is -3.80. The van der Waals surface area contributed by atoms with Crippen molar-refractivity contribution in [2.75, 3.05) is 0 Å². The van der Waals surface area contributed by atoms with Gasteiger partial charge in [0.25, 0.3) is 0 Å². The second-order valence-corrected chi connectivity index (χ2v) is 11.0. The van der Waals surface area contributed by atoms with Crippen LogP contribution in [0.5, 0.6) is 0 Å². The summed E-state index contributed by atoms with van der Waals surface area (Å²) in [5, 5.41) is 0. The molecule has 0 unspecified atom stereocenters. The predicted molar refractivity (Wildman–Crippen MR) is 85.4 cm³/mol. The van der Waals surface area contributed by atoms with Crippen LogP contribution >= 0.6 is 20.2 Å². The van der Waals surface area contributed by atoms with Gasteiger partial charge < -0.3 is 0 Å². The Morgan fingerprint density at radius 2 is 1.36 bits per heavy atom. The molecular formula is C14H9F6IO3S. The normalized spacial score (nSPS) is 13.6. The maximum atomic E-state index is 12.8. The van der Waals surface area contributed by atoms with Crippen LogP contribution in [0, 0.1) is 7.14 Å². The Kier molecular flexibility index (Phi) is 5.68.